The van der Waals surface area contributed by atoms with Crippen LogP contribution in [-0.4, -0.2) is 11.1 Å². The van der Waals surface area contributed by atoms with Crippen LogP contribution in [0.3, 0.4) is 0 Å². The SMILES string of the molecule is CCC(CC)(CBr)CC1CSc2ccccc21. The number of hydrogen-bond donors (Lipinski definition) is 0. The molecule has 0 saturated heterocycles. The maximum atomic E-state index is 3.73. The quantitative estimate of drug-likeness (QED) is 0.650. The molecule has 1 aromatic rings. The second-order valence-corrected chi connectivity index (χ2v) is 6.71. The predicted octanol–water partition coefficient (Wildman–Crippen LogP) is 5.47. The smallest absolute Gasteiger partial charge is 0.0107 e. The highest BCUT2D eigenvalue weighted by molar-refractivity contribution is 9.09. The zero-order valence-electron chi connectivity index (χ0n) is 10.7. The third kappa shape index (κ3) is 2.73. The zero-order chi connectivity index (χ0) is 12.3. The summed E-state index contributed by atoms with van der Waals surface area (Å²) in [5.74, 6) is 2.03. The van der Waals surface area contributed by atoms with Gasteiger partial charge < -0.3 is 0 Å². The second kappa shape index (κ2) is 5.79. The van der Waals surface area contributed by atoms with Gasteiger partial charge in [-0.2, -0.15) is 0 Å². The molecule has 0 fully saturated rings. The summed E-state index contributed by atoms with van der Waals surface area (Å²) < 4.78 is 0. The molecule has 0 aromatic heterocycles. The maximum absolute atomic E-state index is 3.73. The van der Waals surface area contributed by atoms with Crippen LogP contribution in [0.1, 0.15) is 44.6 Å². The van der Waals surface area contributed by atoms with E-state index in [4.69, 9.17) is 0 Å². The van der Waals surface area contributed by atoms with E-state index in [-0.39, 0.29) is 0 Å². The Kier molecular flexibility index (Phi) is 4.59. The number of alkyl halides is 1. The van der Waals surface area contributed by atoms with E-state index in [0.29, 0.717) is 5.41 Å². The third-order valence-corrected chi connectivity index (χ3v) is 6.70. The number of rotatable bonds is 5. The number of thioether (sulfide) groups is 1. The van der Waals surface area contributed by atoms with Crippen molar-refractivity contribution in [1.82, 2.24) is 0 Å². The fourth-order valence-corrected chi connectivity index (χ4v) is 4.98. The van der Waals surface area contributed by atoms with Gasteiger partial charge in [-0.25, -0.2) is 0 Å². The molecule has 0 N–H and O–H groups in total. The number of hydrogen-bond acceptors (Lipinski definition) is 1. The van der Waals surface area contributed by atoms with Crippen molar-refractivity contribution in [2.24, 2.45) is 5.41 Å². The van der Waals surface area contributed by atoms with Crippen LogP contribution in [-0.2, 0) is 0 Å². The topological polar surface area (TPSA) is 0 Å². The van der Waals surface area contributed by atoms with E-state index in [0.717, 1.165) is 11.2 Å². The Balaban J connectivity index is 2.16. The monoisotopic (exact) mass is 312 g/mol. The molecule has 2 rings (SSSR count). The summed E-state index contributed by atoms with van der Waals surface area (Å²) in [6, 6.07) is 8.94. The van der Waals surface area contributed by atoms with Crippen molar-refractivity contribution in [2.45, 2.75) is 43.9 Å². The van der Waals surface area contributed by atoms with Gasteiger partial charge in [0.2, 0.25) is 0 Å². The lowest BCUT2D eigenvalue weighted by molar-refractivity contribution is 0.266. The third-order valence-electron chi connectivity index (χ3n) is 4.26. The van der Waals surface area contributed by atoms with E-state index in [1.54, 1.807) is 5.56 Å². The van der Waals surface area contributed by atoms with Gasteiger partial charge in [-0.05, 0) is 42.2 Å². The molecule has 94 valence electrons. The lowest BCUT2D eigenvalue weighted by atomic mass is 9.75. The Morgan fingerprint density at radius 3 is 2.65 bits per heavy atom. The van der Waals surface area contributed by atoms with Gasteiger partial charge in [0, 0.05) is 16.0 Å². The molecule has 1 aliphatic heterocycles. The van der Waals surface area contributed by atoms with Gasteiger partial charge >= 0.3 is 0 Å². The molecule has 0 radical (unpaired) electrons. The summed E-state index contributed by atoms with van der Waals surface area (Å²) in [4.78, 5) is 1.51. The van der Waals surface area contributed by atoms with Crippen LogP contribution in [0.5, 0.6) is 0 Å². The zero-order valence-corrected chi connectivity index (χ0v) is 13.1. The van der Waals surface area contributed by atoms with E-state index in [1.165, 1.54) is 29.9 Å². The van der Waals surface area contributed by atoms with Crippen LogP contribution in [0.25, 0.3) is 0 Å². The Morgan fingerprint density at radius 1 is 1.29 bits per heavy atom. The molecule has 1 aliphatic rings. The van der Waals surface area contributed by atoms with E-state index in [9.17, 15) is 0 Å². The van der Waals surface area contributed by atoms with Crippen molar-refractivity contribution in [1.29, 1.82) is 0 Å². The van der Waals surface area contributed by atoms with Gasteiger partial charge in [0.25, 0.3) is 0 Å². The normalized spacial score (nSPS) is 19.4. The predicted molar refractivity (Wildman–Crippen MR) is 81.3 cm³/mol. The van der Waals surface area contributed by atoms with Gasteiger partial charge in [-0.1, -0.05) is 48.0 Å². The van der Waals surface area contributed by atoms with Crippen LogP contribution in [0, 0.1) is 5.41 Å². The average molecular weight is 313 g/mol. The maximum Gasteiger partial charge on any atom is 0.0107 e. The summed E-state index contributed by atoms with van der Waals surface area (Å²) >= 11 is 5.77. The van der Waals surface area contributed by atoms with Crippen LogP contribution in [0.4, 0.5) is 0 Å². The lowest BCUT2D eigenvalue weighted by Gasteiger charge is -2.32. The Labute approximate surface area is 118 Å². The van der Waals surface area contributed by atoms with Crippen molar-refractivity contribution in [3.63, 3.8) is 0 Å². The first-order chi connectivity index (χ1) is 8.24. The van der Waals surface area contributed by atoms with Crippen molar-refractivity contribution in [3.8, 4) is 0 Å². The van der Waals surface area contributed by atoms with Gasteiger partial charge in [0.15, 0.2) is 0 Å². The molecule has 0 aliphatic carbocycles. The molecule has 1 unspecified atom stereocenters. The van der Waals surface area contributed by atoms with E-state index in [1.807, 2.05) is 11.8 Å². The molecule has 2 heteroatoms. The van der Waals surface area contributed by atoms with Crippen LogP contribution in [0.15, 0.2) is 29.2 Å². The Hall–Kier alpha value is 0.0500. The molecular formula is C15H21BrS. The highest BCUT2D eigenvalue weighted by Crippen LogP contribution is 2.47. The molecule has 0 bridgehead atoms. The van der Waals surface area contributed by atoms with Gasteiger partial charge in [0.1, 0.15) is 0 Å². The Morgan fingerprint density at radius 2 is 2.00 bits per heavy atom. The lowest BCUT2D eigenvalue weighted by Crippen LogP contribution is -2.24. The van der Waals surface area contributed by atoms with E-state index >= 15 is 0 Å². The fourth-order valence-electron chi connectivity index (χ4n) is 2.70. The van der Waals surface area contributed by atoms with Crippen molar-refractivity contribution in [3.05, 3.63) is 29.8 Å². The van der Waals surface area contributed by atoms with Crippen molar-refractivity contribution < 1.29 is 0 Å². The second-order valence-electron chi connectivity index (χ2n) is 5.09. The highest BCUT2D eigenvalue weighted by Gasteiger charge is 2.32. The number of halogens is 1. The Bertz CT molecular complexity index is 363. The summed E-state index contributed by atoms with van der Waals surface area (Å²) in [5, 5.41) is 1.14. The summed E-state index contributed by atoms with van der Waals surface area (Å²) in [7, 11) is 0. The van der Waals surface area contributed by atoms with Gasteiger partial charge in [0.05, 0.1) is 0 Å². The molecule has 0 amide bonds. The van der Waals surface area contributed by atoms with Crippen molar-refractivity contribution >= 4 is 27.7 Å². The first-order valence-electron chi connectivity index (χ1n) is 6.52. The molecule has 0 spiro atoms. The van der Waals surface area contributed by atoms with Gasteiger partial charge in [-0.3, -0.25) is 0 Å². The molecule has 0 nitrogen and oxygen atoms in total. The molecule has 1 atom stereocenters. The van der Waals surface area contributed by atoms with Crippen LogP contribution >= 0.6 is 27.7 Å². The minimum absolute atomic E-state index is 0.489. The minimum Gasteiger partial charge on any atom is -0.125 e. The fraction of sp³-hybridized carbons (Fsp3) is 0.600. The first kappa shape index (κ1) is 13.5. The first-order valence-corrected chi connectivity index (χ1v) is 8.63. The number of fused-ring (bicyclic) bond motifs is 1. The van der Waals surface area contributed by atoms with Crippen molar-refractivity contribution in [2.75, 3.05) is 11.1 Å². The van der Waals surface area contributed by atoms with Crippen LogP contribution < -0.4 is 0 Å². The minimum atomic E-state index is 0.489. The van der Waals surface area contributed by atoms with Crippen LogP contribution in [0.2, 0.25) is 0 Å². The van der Waals surface area contributed by atoms with E-state index < -0.39 is 0 Å². The number of benzene rings is 1. The standard InChI is InChI=1S/C15H21BrS/c1-3-15(4-2,11-16)9-12-10-17-14-8-6-5-7-13(12)14/h5-8,12H,3-4,9-11H2,1-2H3. The summed E-state index contributed by atoms with van der Waals surface area (Å²) in [6.45, 7) is 4.66. The highest BCUT2D eigenvalue weighted by atomic mass is 79.9. The van der Waals surface area contributed by atoms with Gasteiger partial charge in [-0.15, -0.1) is 11.8 Å². The summed E-state index contributed by atoms with van der Waals surface area (Å²) in [6.07, 6.45) is 3.88. The molecule has 1 heterocycles. The molecule has 17 heavy (non-hydrogen) atoms. The molecule has 0 saturated carbocycles. The largest absolute Gasteiger partial charge is 0.125 e. The molecule has 1 aromatic carbocycles. The summed E-state index contributed by atoms with van der Waals surface area (Å²) in [5.41, 5.74) is 2.08. The van der Waals surface area contributed by atoms with E-state index in [2.05, 4.69) is 54.0 Å². The average Bonchev–Trinajstić information content (AvgIpc) is 2.79. The molecular weight excluding hydrogens is 292 g/mol.